The van der Waals surface area contributed by atoms with Crippen molar-refractivity contribution < 1.29 is 0 Å². The smallest absolute Gasteiger partial charge is 0.172 e. The summed E-state index contributed by atoms with van der Waals surface area (Å²) in [6.07, 6.45) is 3.39. The van der Waals surface area contributed by atoms with E-state index in [1.54, 1.807) is 12.4 Å². The maximum atomic E-state index is 4.59. The van der Waals surface area contributed by atoms with E-state index in [0.717, 1.165) is 22.8 Å². The number of hydrogen-bond acceptors (Lipinski definition) is 4. The number of hydrogen-bond donors (Lipinski definition) is 1. The van der Waals surface area contributed by atoms with E-state index in [2.05, 4.69) is 25.5 Å². The van der Waals surface area contributed by atoms with Crippen molar-refractivity contribution in [2.75, 3.05) is 0 Å². The average molecular weight is 315 g/mol. The summed E-state index contributed by atoms with van der Waals surface area (Å²) >= 11 is 0. The second-order valence-corrected chi connectivity index (χ2v) is 5.08. The number of para-hydroxylation sites is 1. The Bertz CT molecular complexity index is 842. The molecule has 0 unspecified atom stereocenters. The average Bonchev–Trinajstić information content (AvgIpc) is 2.63. The van der Waals surface area contributed by atoms with E-state index in [1.807, 2.05) is 73.7 Å². The summed E-state index contributed by atoms with van der Waals surface area (Å²) in [6.45, 7) is 1.95. The summed E-state index contributed by atoms with van der Waals surface area (Å²) in [5.74, 6) is 0.575. The van der Waals surface area contributed by atoms with Crippen LogP contribution in [0.2, 0.25) is 0 Å². The van der Waals surface area contributed by atoms with E-state index in [0.29, 0.717) is 5.84 Å². The predicted octanol–water partition coefficient (Wildman–Crippen LogP) is 3.49. The van der Waals surface area contributed by atoms with Gasteiger partial charge in [-0.3, -0.25) is 15.4 Å². The van der Waals surface area contributed by atoms with Crippen molar-refractivity contribution >= 4 is 17.7 Å². The molecule has 5 heteroatoms. The van der Waals surface area contributed by atoms with E-state index in [1.165, 1.54) is 0 Å². The minimum Gasteiger partial charge on any atom is -0.259 e. The molecule has 24 heavy (non-hydrogen) atoms. The Kier molecular flexibility index (Phi) is 5.04. The van der Waals surface area contributed by atoms with Gasteiger partial charge in [-0.15, -0.1) is 0 Å². The normalized spacial score (nSPS) is 11.6. The van der Waals surface area contributed by atoms with Crippen LogP contribution in [0.4, 0.5) is 5.69 Å². The quantitative estimate of drug-likeness (QED) is 0.455. The van der Waals surface area contributed by atoms with Crippen LogP contribution >= 0.6 is 0 Å². The minimum atomic E-state index is 0.575. The predicted molar refractivity (Wildman–Crippen MR) is 96.6 cm³/mol. The van der Waals surface area contributed by atoms with Crippen molar-refractivity contribution in [3.63, 3.8) is 0 Å². The van der Waals surface area contributed by atoms with Gasteiger partial charge < -0.3 is 0 Å². The lowest BCUT2D eigenvalue weighted by Gasteiger charge is -2.05. The first-order chi connectivity index (χ1) is 11.8. The standard InChI is InChI=1S/C19H17N5/c1-15-8-7-11-17(22-15)14-21-24-19(18-12-5-6-13-20-18)23-16-9-3-2-4-10-16/h2-14H,1H3,(H,23,24)/b21-14-. The molecule has 1 aromatic carbocycles. The lowest BCUT2D eigenvalue weighted by atomic mass is 10.3. The molecule has 0 atom stereocenters. The summed E-state index contributed by atoms with van der Waals surface area (Å²) < 4.78 is 0. The molecule has 0 radical (unpaired) electrons. The van der Waals surface area contributed by atoms with E-state index in [9.17, 15) is 0 Å². The zero-order valence-electron chi connectivity index (χ0n) is 13.3. The number of nitrogens with one attached hydrogen (secondary N) is 1. The summed E-state index contributed by atoms with van der Waals surface area (Å²) in [5.41, 5.74) is 6.24. The Morgan fingerprint density at radius 1 is 0.958 bits per heavy atom. The highest BCUT2D eigenvalue weighted by atomic mass is 15.3. The van der Waals surface area contributed by atoms with Crippen LogP contribution in [0.15, 0.2) is 83.0 Å². The van der Waals surface area contributed by atoms with Gasteiger partial charge in [0.25, 0.3) is 0 Å². The number of aryl methyl sites for hydroxylation is 1. The summed E-state index contributed by atoms with van der Waals surface area (Å²) in [5, 5.41) is 4.25. The maximum Gasteiger partial charge on any atom is 0.172 e. The van der Waals surface area contributed by atoms with E-state index in [-0.39, 0.29) is 0 Å². The van der Waals surface area contributed by atoms with E-state index < -0.39 is 0 Å². The molecular formula is C19H17N5. The fraction of sp³-hybridized carbons (Fsp3) is 0.0526. The minimum absolute atomic E-state index is 0.575. The Morgan fingerprint density at radius 3 is 2.54 bits per heavy atom. The lowest BCUT2D eigenvalue weighted by Crippen LogP contribution is -2.20. The first-order valence-electron chi connectivity index (χ1n) is 7.59. The first kappa shape index (κ1) is 15.6. The van der Waals surface area contributed by atoms with Gasteiger partial charge in [0, 0.05) is 11.9 Å². The number of nitrogens with zero attached hydrogens (tertiary/aromatic N) is 4. The number of rotatable bonds is 4. The highest BCUT2D eigenvalue weighted by molar-refractivity contribution is 5.99. The van der Waals surface area contributed by atoms with Crippen molar-refractivity contribution in [2.24, 2.45) is 10.1 Å². The van der Waals surface area contributed by atoms with Gasteiger partial charge in [-0.2, -0.15) is 5.10 Å². The molecule has 0 amide bonds. The molecule has 0 saturated carbocycles. The molecule has 1 N–H and O–H groups in total. The molecule has 5 nitrogen and oxygen atoms in total. The number of hydrazone groups is 1. The van der Waals surface area contributed by atoms with Crippen LogP contribution in [0, 0.1) is 6.92 Å². The molecule has 2 aromatic heterocycles. The zero-order valence-corrected chi connectivity index (χ0v) is 13.3. The van der Waals surface area contributed by atoms with Crippen LogP contribution in [0.5, 0.6) is 0 Å². The van der Waals surface area contributed by atoms with Crippen molar-refractivity contribution in [3.8, 4) is 0 Å². The Labute approximate surface area is 140 Å². The largest absolute Gasteiger partial charge is 0.259 e. The molecule has 118 valence electrons. The van der Waals surface area contributed by atoms with Gasteiger partial charge in [0.2, 0.25) is 0 Å². The van der Waals surface area contributed by atoms with Crippen LogP contribution in [-0.4, -0.2) is 22.0 Å². The van der Waals surface area contributed by atoms with Crippen molar-refractivity contribution in [2.45, 2.75) is 6.92 Å². The van der Waals surface area contributed by atoms with Gasteiger partial charge in [-0.25, -0.2) is 4.99 Å². The van der Waals surface area contributed by atoms with Gasteiger partial charge in [-0.05, 0) is 43.3 Å². The van der Waals surface area contributed by atoms with Crippen LogP contribution in [-0.2, 0) is 0 Å². The van der Waals surface area contributed by atoms with Crippen LogP contribution in [0.1, 0.15) is 17.1 Å². The third-order valence-electron chi connectivity index (χ3n) is 3.18. The molecule has 0 bridgehead atoms. The molecular weight excluding hydrogens is 298 g/mol. The molecule has 0 aliphatic rings. The van der Waals surface area contributed by atoms with Crippen LogP contribution < -0.4 is 5.43 Å². The molecule has 0 fully saturated rings. The third kappa shape index (κ3) is 4.33. The van der Waals surface area contributed by atoms with Crippen molar-refractivity contribution in [1.82, 2.24) is 15.4 Å². The fourth-order valence-corrected chi connectivity index (χ4v) is 2.07. The second kappa shape index (κ2) is 7.78. The first-order valence-corrected chi connectivity index (χ1v) is 7.59. The highest BCUT2D eigenvalue weighted by Gasteiger charge is 2.03. The molecule has 0 aliphatic carbocycles. The van der Waals surface area contributed by atoms with Gasteiger partial charge >= 0.3 is 0 Å². The number of aromatic nitrogens is 2. The zero-order chi connectivity index (χ0) is 16.6. The van der Waals surface area contributed by atoms with Gasteiger partial charge in [-0.1, -0.05) is 30.3 Å². The molecule has 2 heterocycles. The third-order valence-corrected chi connectivity index (χ3v) is 3.18. The van der Waals surface area contributed by atoms with Gasteiger partial charge in [0.1, 0.15) is 5.69 Å². The summed E-state index contributed by atoms with van der Waals surface area (Å²) in [4.78, 5) is 13.3. The molecule has 3 aromatic rings. The van der Waals surface area contributed by atoms with E-state index >= 15 is 0 Å². The Balaban J connectivity index is 1.84. The van der Waals surface area contributed by atoms with Gasteiger partial charge in [0.15, 0.2) is 5.84 Å². The second-order valence-electron chi connectivity index (χ2n) is 5.08. The maximum absolute atomic E-state index is 4.59. The summed E-state index contributed by atoms with van der Waals surface area (Å²) in [7, 11) is 0. The SMILES string of the molecule is Cc1cccc(/C=N\NC(=Nc2ccccc2)c2ccccn2)n1. The molecule has 0 saturated heterocycles. The lowest BCUT2D eigenvalue weighted by molar-refractivity contribution is 1.01. The number of aliphatic imine (C=N–C) groups is 1. The number of benzene rings is 1. The van der Waals surface area contributed by atoms with E-state index in [4.69, 9.17) is 0 Å². The fourth-order valence-electron chi connectivity index (χ4n) is 2.07. The Morgan fingerprint density at radius 2 is 1.79 bits per heavy atom. The topological polar surface area (TPSA) is 62.5 Å². The summed E-state index contributed by atoms with van der Waals surface area (Å²) in [6, 6.07) is 21.1. The van der Waals surface area contributed by atoms with Crippen molar-refractivity contribution in [1.29, 1.82) is 0 Å². The van der Waals surface area contributed by atoms with Crippen LogP contribution in [0.25, 0.3) is 0 Å². The monoisotopic (exact) mass is 315 g/mol. The number of pyridine rings is 2. The van der Waals surface area contributed by atoms with Crippen molar-refractivity contribution in [3.05, 3.63) is 90.0 Å². The Hall–Kier alpha value is -3.34. The number of amidine groups is 1. The van der Waals surface area contributed by atoms with Crippen LogP contribution in [0.3, 0.4) is 0 Å². The van der Waals surface area contributed by atoms with Gasteiger partial charge in [0.05, 0.1) is 17.6 Å². The molecule has 0 spiro atoms. The molecule has 0 aliphatic heterocycles. The highest BCUT2D eigenvalue weighted by Crippen LogP contribution is 2.11. The molecule has 3 rings (SSSR count).